The Hall–Kier alpha value is -3.00. The van der Waals surface area contributed by atoms with Crippen LogP contribution in [0.1, 0.15) is 55.7 Å². The molecule has 1 amide bonds. The minimum Gasteiger partial charge on any atom is -0.445 e. The minimum atomic E-state index is -1.63. The molecule has 3 aromatic carbocycles. The van der Waals surface area contributed by atoms with Gasteiger partial charge < -0.3 is 14.5 Å². The lowest BCUT2D eigenvalue weighted by Gasteiger charge is -2.43. The fourth-order valence-electron chi connectivity index (χ4n) is 6.93. The number of ether oxygens (including phenoxy) is 1. The van der Waals surface area contributed by atoms with E-state index in [1.54, 1.807) is 0 Å². The second kappa shape index (κ2) is 14.5. The first-order valence-corrected chi connectivity index (χ1v) is 16.7. The van der Waals surface area contributed by atoms with E-state index in [2.05, 4.69) is 33.5 Å². The normalized spacial score (nSPS) is 20.2. The van der Waals surface area contributed by atoms with Gasteiger partial charge >= 0.3 is 6.09 Å². The molecule has 42 heavy (non-hydrogen) atoms. The Balaban J connectivity index is 1.21. The summed E-state index contributed by atoms with van der Waals surface area (Å²) in [5, 5.41) is 0. The highest BCUT2D eigenvalue weighted by molar-refractivity contribution is 7.82. The summed E-state index contributed by atoms with van der Waals surface area (Å²) in [4.78, 5) is 18.3. The SMILES string of the molecule is CCN(C(=O)OCc1ccccc1)C1CCN(CCC2(CN(C)[SH+](=O)c3ccccc3)CCCc3ccccc32)CC1. The molecule has 1 heterocycles. The molecule has 0 saturated carbocycles. The summed E-state index contributed by atoms with van der Waals surface area (Å²) in [6.45, 7) is 6.73. The van der Waals surface area contributed by atoms with E-state index in [1.807, 2.05) is 79.5 Å². The number of rotatable bonds is 11. The summed E-state index contributed by atoms with van der Waals surface area (Å²) in [7, 11) is 0.393. The molecule has 7 heteroatoms. The summed E-state index contributed by atoms with van der Waals surface area (Å²) in [6.07, 6.45) is 6.12. The number of nitrogens with zero attached hydrogens (tertiary/aromatic N) is 3. The molecule has 0 radical (unpaired) electrons. The van der Waals surface area contributed by atoms with Crippen molar-refractivity contribution >= 4 is 17.1 Å². The molecule has 6 nitrogen and oxygen atoms in total. The van der Waals surface area contributed by atoms with Crippen molar-refractivity contribution in [2.75, 3.05) is 39.8 Å². The van der Waals surface area contributed by atoms with E-state index >= 15 is 0 Å². The van der Waals surface area contributed by atoms with E-state index in [1.165, 1.54) is 11.1 Å². The average molecular weight is 589 g/mol. The van der Waals surface area contributed by atoms with Crippen molar-refractivity contribution < 1.29 is 13.7 Å². The summed E-state index contributed by atoms with van der Waals surface area (Å²) in [5.41, 5.74) is 3.86. The van der Waals surface area contributed by atoms with Crippen LogP contribution < -0.4 is 0 Å². The van der Waals surface area contributed by atoms with Crippen LogP contribution in [0.3, 0.4) is 0 Å². The maximum Gasteiger partial charge on any atom is 0.410 e. The van der Waals surface area contributed by atoms with E-state index in [-0.39, 0.29) is 17.6 Å². The van der Waals surface area contributed by atoms with Crippen LogP contribution in [0.2, 0.25) is 0 Å². The van der Waals surface area contributed by atoms with Crippen molar-refractivity contribution in [2.45, 2.75) is 68.4 Å². The number of hydrogen-bond acceptors (Lipinski definition) is 4. The molecule has 2 aliphatic rings. The average Bonchev–Trinajstić information content (AvgIpc) is 3.04. The number of likely N-dealkylation sites (N-methyl/N-ethyl adjacent to an activating group) is 1. The summed E-state index contributed by atoms with van der Waals surface area (Å²) < 4.78 is 21.3. The molecular formula is C35H46N3O3S+. The topological polar surface area (TPSA) is 53.1 Å². The largest absolute Gasteiger partial charge is 0.445 e. The first-order valence-electron chi connectivity index (χ1n) is 15.5. The van der Waals surface area contributed by atoms with Gasteiger partial charge in [-0.2, -0.15) is 0 Å². The monoisotopic (exact) mass is 588 g/mol. The molecule has 0 aromatic heterocycles. The van der Waals surface area contributed by atoms with Gasteiger partial charge in [0.2, 0.25) is 0 Å². The van der Waals surface area contributed by atoms with Gasteiger partial charge in [-0.1, -0.05) is 77.0 Å². The predicted molar refractivity (Wildman–Crippen MR) is 171 cm³/mol. The Morgan fingerprint density at radius 2 is 1.64 bits per heavy atom. The Morgan fingerprint density at radius 3 is 2.36 bits per heavy atom. The maximum atomic E-state index is 13.5. The molecule has 224 valence electrons. The van der Waals surface area contributed by atoms with E-state index in [4.69, 9.17) is 4.74 Å². The van der Waals surface area contributed by atoms with E-state index < -0.39 is 11.0 Å². The third kappa shape index (κ3) is 7.31. The number of thiol groups is 1. The molecule has 0 spiro atoms. The Bertz CT molecular complexity index is 1310. The zero-order chi connectivity index (χ0) is 29.4. The van der Waals surface area contributed by atoms with Gasteiger partial charge in [-0.15, -0.1) is 4.31 Å². The van der Waals surface area contributed by atoms with Gasteiger partial charge in [0.05, 0.1) is 6.54 Å². The zero-order valence-corrected chi connectivity index (χ0v) is 26.1. The minimum absolute atomic E-state index is 0.0308. The fourth-order valence-corrected chi connectivity index (χ4v) is 8.15. The molecule has 2 atom stereocenters. The van der Waals surface area contributed by atoms with E-state index in [0.717, 1.165) is 75.2 Å². The molecule has 1 aliphatic heterocycles. The third-order valence-electron chi connectivity index (χ3n) is 9.19. The first-order chi connectivity index (χ1) is 20.5. The molecule has 2 unspecified atom stereocenters. The van der Waals surface area contributed by atoms with Gasteiger partial charge in [-0.25, -0.2) is 4.79 Å². The number of likely N-dealkylation sites (tertiary alicyclic amines) is 1. The standard InChI is InChI=1S/C35H45N3O3S/c1-3-38(34(39)41-27-29-13-6-4-7-14-29)31-20-24-37(25-21-31)26-23-35(22-12-16-30-15-10-11-19-33(30)35)28-36(2)42(40)32-17-8-5-9-18-32/h4-11,13-15,17-19,31H,3,12,16,20-28H2,1-2H3/p+1. The van der Waals surface area contributed by atoms with Crippen LogP contribution in [0.5, 0.6) is 0 Å². The van der Waals surface area contributed by atoms with E-state index in [0.29, 0.717) is 13.2 Å². The number of fused-ring (bicyclic) bond motifs is 1. The van der Waals surface area contributed by atoms with Crippen LogP contribution in [0, 0.1) is 0 Å². The van der Waals surface area contributed by atoms with Crippen LogP contribution in [0.4, 0.5) is 4.79 Å². The molecule has 1 saturated heterocycles. The first kappa shape index (κ1) is 30.5. The van der Waals surface area contributed by atoms with Gasteiger partial charge in [0, 0.05) is 38.1 Å². The Labute approximate surface area is 254 Å². The highest BCUT2D eigenvalue weighted by Crippen LogP contribution is 2.41. The van der Waals surface area contributed by atoms with Crippen LogP contribution >= 0.6 is 0 Å². The van der Waals surface area contributed by atoms with Crippen LogP contribution in [0.15, 0.2) is 89.8 Å². The molecule has 1 fully saturated rings. The number of aryl methyl sites for hydroxylation is 1. The van der Waals surface area contributed by atoms with Gasteiger partial charge in [0.25, 0.3) is 0 Å². The lowest BCUT2D eigenvalue weighted by atomic mass is 9.67. The van der Waals surface area contributed by atoms with Crippen LogP contribution in [0.25, 0.3) is 0 Å². The predicted octanol–water partition coefficient (Wildman–Crippen LogP) is 6.38. The van der Waals surface area contributed by atoms with E-state index in [9.17, 15) is 9.00 Å². The molecule has 5 rings (SSSR count). The number of carbonyl (C=O) groups excluding carboxylic acids is 1. The van der Waals surface area contributed by atoms with Crippen LogP contribution in [-0.2, 0) is 38.4 Å². The van der Waals surface area contributed by atoms with Crippen molar-refractivity contribution in [1.29, 1.82) is 0 Å². The highest BCUT2D eigenvalue weighted by Gasteiger charge is 2.40. The summed E-state index contributed by atoms with van der Waals surface area (Å²) in [6, 6.07) is 28.8. The smallest absolute Gasteiger partial charge is 0.410 e. The van der Waals surface area contributed by atoms with Gasteiger partial charge in [-0.3, -0.25) is 0 Å². The summed E-state index contributed by atoms with van der Waals surface area (Å²) >= 11 is 0. The fraction of sp³-hybridized carbons (Fsp3) is 0.457. The lowest BCUT2D eigenvalue weighted by molar-refractivity contribution is 0.0614. The number of hydrogen-bond donors (Lipinski definition) is 0. The number of benzene rings is 3. The van der Waals surface area contributed by atoms with Crippen molar-refractivity contribution in [3.05, 3.63) is 102 Å². The number of amides is 1. The number of carbonyl (C=O) groups is 1. The lowest BCUT2D eigenvalue weighted by Crippen LogP contribution is -2.49. The quantitative estimate of drug-likeness (QED) is 0.193. The molecular weight excluding hydrogens is 542 g/mol. The Kier molecular flexibility index (Phi) is 10.5. The molecule has 0 bridgehead atoms. The van der Waals surface area contributed by atoms with Gasteiger partial charge in [-0.05, 0) is 80.8 Å². The van der Waals surface area contributed by atoms with Gasteiger partial charge in [0.1, 0.15) is 6.61 Å². The molecule has 3 aromatic rings. The number of piperidine rings is 1. The second-order valence-corrected chi connectivity index (χ2v) is 13.6. The molecule has 1 aliphatic carbocycles. The maximum absolute atomic E-state index is 13.5. The zero-order valence-electron chi connectivity index (χ0n) is 25.2. The van der Waals surface area contributed by atoms with Crippen molar-refractivity contribution in [3.63, 3.8) is 0 Å². The van der Waals surface area contributed by atoms with Crippen molar-refractivity contribution in [2.24, 2.45) is 0 Å². The van der Waals surface area contributed by atoms with Crippen molar-refractivity contribution in [3.8, 4) is 0 Å². The van der Waals surface area contributed by atoms with Gasteiger partial charge in [0.15, 0.2) is 15.9 Å². The van der Waals surface area contributed by atoms with Crippen LogP contribution in [-0.4, -0.2) is 66.0 Å². The highest BCUT2D eigenvalue weighted by atomic mass is 32.2. The molecule has 0 N–H and O–H groups in total. The van der Waals surface area contributed by atoms with Crippen molar-refractivity contribution in [1.82, 2.24) is 14.1 Å². The third-order valence-corrected chi connectivity index (χ3v) is 10.7. The Morgan fingerprint density at radius 1 is 0.976 bits per heavy atom. The second-order valence-electron chi connectivity index (χ2n) is 11.9. The summed E-state index contributed by atoms with van der Waals surface area (Å²) in [5.74, 6) is 0.